The minimum absolute atomic E-state index is 0.0675. The highest BCUT2D eigenvalue weighted by Gasteiger charge is 2.16. The molecular formula is C16H13ClN2O4S. The number of amides is 1. The van der Waals surface area contributed by atoms with Gasteiger partial charge in [-0.3, -0.25) is 9.59 Å². The molecule has 6 nitrogen and oxygen atoms in total. The van der Waals surface area contributed by atoms with Crippen LogP contribution < -0.4 is 4.80 Å². The van der Waals surface area contributed by atoms with Gasteiger partial charge in [-0.15, -0.1) is 0 Å². The molecule has 0 atom stereocenters. The Morgan fingerprint density at radius 1 is 1.38 bits per heavy atom. The van der Waals surface area contributed by atoms with Crippen molar-refractivity contribution in [3.63, 3.8) is 0 Å². The number of methoxy groups -OCH3 is 1. The van der Waals surface area contributed by atoms with E-state index >= 15 is 0 Å². The van der Waals surface area contributed by atoms with E-state index in [1.165, 1.54) is 30.8 Å². The second-order valence-electron chi connectivity index (χ2n) is 4.96. The van der Waals surface area contributed by atoms with Gasteiger partial charge in [0.05, 0.1) is 23.6 Å². The van der Waals surface area contributed by atoms with Crippen LogP contribution in [-0.2, 0) is 16.1 Å². The van der Waals surface area contributed by atoms with Gasteiger partial charge in [-0.1, -0.05) is 22.9 Å². The van der Waals surface area contributed by atoms with Crippen LogP contribution in [0.3, 0.4) is 0 Å². The van der Waals surface area contributed by atoms with Crippen molar-refractivity contribution < 1.29 is 18.7 Å². The van der Waals surface area contributed by atoms with Gasteiger partial charge >= 0.3 is 11.9 Å². The first-order valence-electron chi connectivity index (χ1n) is 6.99. The van der Waals surface area contributed by atoms with Gasteiger partial charge in [-0.25, -0.2) is 0 Å². The van der Waals surface area contributed by atoms with Crippen LogP contribution in [-0.4, -0.2) is 23.6 Å². The summed E-state index contributed by atoms with van der Waals surface area (Å²) >= 11 is 7.48. The number of furan rings is 1. The predicted molar refractivity (Wildman–Crippen MR) is 90.2 cm³/mol. The molecule has 0 aliphatic carbocycles. The molecule has 0 aliphatic rings. The Balaban J connectivity index is 2.23. The molecule has 0 saturated heterocycles. The first kappa shape index (κ1) is 16.5. The number of carbonyl (C=O) groups is 2. The average molecular weight is 365 g/mol. The molecule has 0 fully saturated rings. The van der Waals surface area contributed by atoms with E-state index < -0.39 is 11.9 Å². The Bertz CT molecular complexity index is 986. The molecular weight excluding hydrogens is 352 g/mol. The molecule has 0 saturated carbocycles. The minimum atomic E-state index is -0.520. The molecule has 3 aromatic rings. The Labute approximate surface area is 145 Å². The Morgan fingerprint density at radius 2 is 2.17 bits per heavy atom. The van der Waals surface area contributed by atoms with E-state index in [0.29, 0.717) is 9.82 Å². The summed E-state index contributed by atoms with van der Waals surface area (Å²) in [7, 11) is 1.31. The van der Waals surface area contributed by atoms with E-state index in [2.05, 4.69) is 4.99 Å². The van der Waals surface area contributed by atoms with E-state index in [4.69, 9.17) is 20.8 Å². The quantitative estimate of drug-likeness (QED) is 0.669. The summed E-state index contributed by atoms with van der Waals surface area (Å²) in [6.07, 6.45) is 1.40. The van der Waals surface area contributed by atoms with Crippen LogP contribution in [0, 0.1) is 6.92 Å². The zero-order chi connectivity index (χ0) is 17.3. The van der Waals surface area contributed by atoms with Crippen LogP contribution in [0.5, 0.6) is 0 Å². The van der Waals surface area contributed by atoms with Crippen LogP contribution in [0.1, 0.15) is 16.1 Å². The Hall–Kier alpha value is -2.38. The fourth-order valence-electron chi connectivity index (χ4n) is 2.28. The van der Waals surface area contributed by atoms with Crippen molar-refractivity contribution in [1.29, 1.82) is 0 Å². The Morgan fingerprint density at radius 3 is 2.83 bits per heavy atom. The van der Waals surface area contributed by atoms with Crippen LogP contribution >= 0.6 is 22.9 Å². The number of nitrogens with zero attached hydrogens (tertiary/aromatic N) is 2. The van der Waals surface area contributed by atoms with Gasteiger partial charge in [0, 0.05) is 5.02 Å². The lowest BCUT2D eigenvalue weighted by Gasteiger charge is -2.06. The number of hydrogen-bond acceptors (Lipinski definition) is 5. The number of rotatable bonds is 3. The molecule has 0 spiro atoms. The molecule has 24 heavy (non-hydrogen) atoms. The van der Waals surface area contributed by atoms with E-state index in [0.717, 1.165) is 15.8 Å². The molecule has 1 amide bonds. The number of halogens is 1. The molecule has 0 bridgehead atoms. The van der Waals surface area contributed by atoms with Gasteiger partial charge < -0.3 is 13.7 Å². The minimum Gasteiger partial charge on any atom is -0.468 e. The highest BCUT2D eigenvalue weighted by Crippen LogP contribution is 2.27. The van der Waals surface area contributed by atoms with E-state index in [-0.39, 0.29) is 12.3 Å². The smallest absolute Gasteiger partial charge is 0.325 e. The second-order valence-corrected chi connectivity index (χ2v) is 6.38. The van der Waals surface area contributed by atoms with Gasteiger partial charge in [0.25, 0.3) is 0 Å². The maximum atomic E-state index is 12.2. The van der Waals surface area contributed by atoms with Gasteiger partial charge in [0.15, 0.2) is 10.6 Å². The summed E-state index contributed by atoms with van der Waals surface area (Å²) in [6.45, 7) is 1.78. The zero-order valence-electron chi connectivity index (χ0n) is 12.9. The van der Waals surface area contributed by atoms with E-state index in [1.807, 2.05) is 13.0 Å². The summed E-state index contributed by atoms with van der Waals surface area (Å²) < 4.78 is 12.3. The van der Waals surface area contributed by atoms with Gasteiger partial charge in [-0.05, 0) is 36.8 Å². The molecule has 2 heterocycles. The van der Waals surface area contributed by atoms with Crippen molar-refractivity contribution in [1.82, 2.24) is 4.57 Å². The van der Waals surface area contributed by atoms with Crippen molar-refractivity contribution in [2.45, 2.75) is 13.5 Å². The molecule has 124 valence electrons. The van der Waals surface area contributed by atoms with Crippen LogP contribution in [0.25, 0.3) is 10.2 Å². The van der Waals surface area contributed by atoms with Crippen LogP contribution in [0.15, 0.2) is 39.9 Å². The number of ether oxygens (including phenoxy) is 1. The molecule has 0 radical (unpaired) electrons. The number of esters is 1. The molecule has 8 heteroatoms. The van der Waals surface area contributed by atoms with Crippen LogP contribution in [0.4, 0.5) is 0 Å². The number of hydrogen-bond donors (Lipinski definition) is 0. The Kier molecular flexibility index (Phi) is 4.55. The lowest BCUT2D eigenvalue weighted by atomic mass is 10.2. The summed E-state index contributed by atoms with van der Waals surface area (Å²) in [6, 6.07) is 6.75. The van der Waals surface area contributed by atoms with Crippen molar-refractivity contribution in [3.05, 3.63) is 51.7 Å². The second kappa shape index (κ2) is 6.62. The molecule has 2 aromatic heterocycles. The fraction of sp³-hybridized carbons (Fsp3) is 0.188. The highest BCUT2D eigenvalue weighted by molar-refractivity contribution is 7.16. The molecule has 1 aromatic carbocycles. The van der Waals surface area contributed by atoms with Crippen molar-refractivity contribution in [2.75, 3.05) is 7.11 Å². The normalized spacial score (nSPS) is 11.9. The van der Waals surface area contributed by atoms with Crippen molar-refractivity contribution in [3.8, 4) is 0 Å². The van der Waals surface area contributed by atoms with Crippen molar-refractivity contribution in [2.24, 2.45) is 4.99 Å². The summed E-state index contributed by atoms with van der Waals surface area (Å²) in [5, 5.41) is 0.572. The third-order valence-corrected chi connectivity index (χ3v) is 4.93. The summed E-state index contributed by atoms with van der Waals surface area (Å²) in [5.41, 5.74) is 1.56. The van der Waals surface area contributed by atoms with Crippen LogP contribution in [0.2, 0.25) is 5.02 Å². The topological polar surface area (TPSA) is 73.8 Å². The number of aromatic nitrogens is 1. The van der Waals surface area contributed by atoms with E-state index in [1.54, 1.807) is 16.7 Å². The maximum absolute atomic E-state index is 12.2. The molecule has 0 aliphatic heterocycles. The number of aryl methyl sites for hydroxylation is 1. The first-order valence-corrected chi connectivity index (χ1v) is 8.18. The first-order chi connectivity index (χ1) is 11.5. The molecule has 0 unspecified atom stereocenters. The lowest BCUT2D eigenvalue weighted by Crippen LogP contribution is -2.22. The maximum Gasteiger partial charge on any atom is 0.325 e. The fourth-order valence-corrected chi connectivity index (χ4v) is 3.52. The monoisotopic (exact) mass is 364 g/mol. The summed E-state index contributed by atoms with van der Waals surface area (Å²) in [5.74, 6) is -0.832. The lowest BCUT2D eigenvalue weighted by molar-refractivity contribution is -0.141. The number of thiazole rings is 1. The zero-order valence-corrected chi connectivity index (χ0v) is 14.5. The van der Waals surface area contributed by atoms with Gasteiger partial charge in [0.1, 0.15) is 6.54 Å². The van der Waals surface area contributed by atoms with Gasteiger partial charge in [-0.2, -0.15) is 4.99 Å². The number of carbonyl (C=O) groups excluding carboxylic acids is 2. The van der Waals surface area contributed by atoms with Gasteiger partial charge in [0.2, 0.25) is 0 Å². The van der Waals surface area contributed by atoms with Crippen molar-refractivity contribution >= 4 is 45.0 Å². The SMILES string of the molecule is COC(=O)Cn1c(=NC(=O)c2ccco2)sc2ccc(Cl)c(C)c21. The standard InChI is InChI=1S/C16H13ClN2O4S/c1-9-10(17)5-6-12-14(9)19(8-13(20)22-2)16(24-12)18-15(21)11-4-3-7-23-11/h3-7H,8H2,1-2H3. The van der Waals surface area contributed by atoms with E-state index in [9.17, 15) is 9.59 Å². The number of fused-ring (bicyclic) bond motifs is 1. The molecule has 0 N–H and O–H groups in total. The third-order valence-electron chi connectivity index (χ3n) is 3.47. The average Bonchev–Trinajstić information content (AvgIpc) is 3.20. The summed E-state index contributed by atoms with van der Waals surface area (Å²) in [4.78, 5) is 28.4. The predicted octanol–water partition coefficient (Wildman–Crippen LogP) is 3.17. The molecule has 3 rings (SSSR count). The number of benzene rings is 1. The third kappa shape index (κ3) is 3.00. The highest BCUT2D eigenvalue weighted by atomic mass is 35.5. The largest absolute Gasteiger partial charge is 0.468 e.